The zero-order valence-electron chi connectivity index (χ0n) is 12.9. The van der Waals surface area contributed by atoms with Crippen LogP contribution in [0.15, 0.2) is 59.1 Å². The number of carbonyl (C=O) groups excluding carboxylic acids is 1. The molecule has 0 saturated heterocycles. The number of hydrogen-bond donors (Lipinski definition) is 0. The summed E-state index contributed by atoms with van der Waals surface area (Å²) in [7, 11) is 0. The van der Waals surface area contributed by atoms with Crippen molar-refractivity contribution in [2.24, 2.45) is 0 Å². The molecule has 2 aromatic rings. The van der Waals surface area contributed by atoms with Crippen molar-refractivity contribution in [3.63, 3.8) is 0 Å². The molecule has 3 rings (SSSR count). The summed E-state index contributed by atoms with van der Waals surface area (Å²) in [6.45, 7) is 2.99. The number of ketones is 1. The van der Waals surface area contributed by atoms with Crippen molar-refractivity contribution in [1.82, 2.24) is 0 Å². The van der Waals surface area contributed by atoms with Gasteiger partial charge in [0.05, 0.1) is 11.4 Å². The standard InChI is InChI=1S/C19H19NOS/c1-3-12-20-17-7-5-4-6-16(17)19(21)18(20)13-14-8-10-15(22-2)11-9-14/h4-11,13H,3,12H2,1-2H3. The third kappa shape index (κ3) is 2.69. The van der Waals surface area contributed by atoms with E-state index in [1.807, 2.05) is 30.3 Å². The maximum atomic E-state index is 12.7. The summed E-state index contributed by atoms with van der Waals surface area (Å²) < 4.78 is 0. The molecule has 112 valence electrons. The van der Waals surface area contributed by atoms with Crippen LogP contribution in [0.1, 0.15) is 29.3 Å². The lowest BCUT2D eigenvalue weighted by molar-refractivity contribution is 0.104. The molecule has 0 bridgehead atoms. The monoisotopic (exact) mass is 309 g/mol. The van der Waals surface area contributed by atoms with Gasteiger partial charge in [-0.2, -0.15) is 0 Å². The molecule has 0 spiro atoms. The minimum Gasteiger partial charge on any atom is -0.338 e. The van der Waals surface area contributed by atoms with Crippen LogP contribution in [0.4, 0.5) is 5.69 Å². The predicted octanol–water partition coefficient (Wildman–Crippen LogP) is 4.86. The van der Waals surface area contributed by atoms with E-state index in [1.54, 1.807) is 11.8 Å². The number of carbonyl (C=O) groups is 1. The van der Waals surface area contributed by atoms with E-state index in [-0.39, 0.29) is 5.78 Å². The lowest BCUT2D eigenvalue weighted by Gasteiger charge is -2.19. The summed E-state index contributed by atoms with van der Waals surface area (Å²) in [6, 6.07) is 16.2. The van der Waals surface area contributed by atoms with E-state index >= 15 is 0 Å². The first-order valence-electron chi connectivity index (χ1n) is 7.51. The van der Waals surface area contributed by atoms with Gasteiger partial charge in [-0.05, 0) is 48.6 Å². The molecule has 0 radical (unpaired) electrons. The summed E-state index contributed by atoms with van der Waals surface area (Å²) >= 11 is 1.72. The molecule has 0 unspecified atom stereocenters. The zero-order chi connectivity index (χ0) is 15.5. The minimum absolute atomic E-state index is 0.123. The van der Waals surface area contributed by atoms with E-state index in [4.69, 9.17) is 0 Å². The lowest BCUT2D eigenvalue weighted by Crippen LogP contribution is -2.21. The molecule has 0 fully saturated rings. The van der Waals surface area contributed by atoms with Gasteiger partial charge in [0.15, 0.2) is 0 Å². The van der Waals surface area contributed by atoms with E-state index in [0.29, 0.717) is 0 Å². The Bertz CT molecular complexity index is 718. The van der Waals surface area contributed by atoms with Gasteiger partial charge < -0.3 is 4.90 Å². The fourth-order valence-electron chi connectivity index (χ4n) is 2.76. The molecular weight excluding hydrogens is 290 g/mol. The molecule has 3 heteroatoms. The predicted molar refractivity (Wildman–Crippen MR) is 94.6 cm³/mol. The molecule has 0 aromatic heterocycles. The normalized spacial score (nSPS) is 15.5. The smallest absolute Gasteiger partial charge is 0.211 e. The van der Waals surface area contributed by atoms with Crippen molar-refractivity contribution in [2.45, 2.75) is 18.2 Å². The number of fused-ring (bicyclic) bond motifs is 1. The summed E-state index contributed by atoms with van der Waals surface area (Å²) in [5, 5.41) is 0. The van der Waals surface area contributed by atoms with Crippen molar-refractivity contribution in [3.05, 3.63) is 65.4 Å². The Hall–Kier alpha value is -2.00. The highest BCUT2D eigenvalue weighted by molar-refractivity contribution is 7.98. The van der Waals surface area contributed by atoms with E-state index in [2.05, 4.69) is 42.3 Å². The summed E-state index contributed by atoms with van der Waals surface area (Å²) in [4.78, 5) is 16.1. The quantitative estimate of drug-likeness (QED) is 0.594. The van der Waals surface area contributed by atoms with E-state index in [1.165, 1.54) is 4.90 Å². The van der Waals surface area contributed by atoms with Crippen LogP contribution in [0.25, 0.3) is 6.08 Å². The van der Waals surface area contributed by atoms with Gasteiger partial charge in [-0.25, -0.2) is 0 Å². The topological polar surface area (TPSA) is 20.3 Å². The molecule has 0 N–H and O–H groups in total. The van der Waals surface area contributed by atoms with Gasteiger partial charge in [-0.3, -0.25) is 4.79 Å². The van der Waals surface area contributed by atoms with Gasteiger partial charge in [-0.15, -0.1) is 11.8 Å². The molecule has 1 heterocycles. The number of rotatable bonds is 4. The molecule has 0 atom stereocenters. The second kappa shape index (κ2) is 6.41. The van der Waals surface area contributed by atoms with E-state index < -0.39 is 0 Å². The average molecular weight is 309 g/mol. The number of para-hydroxylation sites is 1. The van der Waals surface area contributed by atoms with Crippen LogP contribution in [0, 0.1) is 0 Å². The van der Waals surface area contributed by atoms with Crippen molar-refractivity contribution < 1.29 is 4.79 Å². The van der Waals surface area contributed by atoms with Gasteiger partial charge >= 0.3 is 0 Å². The number of Topliss-reactive ketones (excluding diaryl/α,β-unsaturated/α-hetero) is 1. The van der Waals surface area contributed by atoms with Crippen molar-refractivity contribution >= 4 is 29.3 Å². The van der Waals surface area contributed by atoms with Gasteiger partial charge in [-0.1, -0.05) is 31.2 Å². The van der Waals surface area contributed by atoms with E-state index in [9.17, 15) is 4.79 Å². The molecule has 22 heavy (non-hydrogen) atoms. The maximum Gasteiger partial charge on any atom is 0.211 e. The Morgan fingerprint density at radius 3 is 2.50 bits per heavy atom. The molecule has 0 saturated carbocycles. The van der Waals surface area contributed by atoms with E-state index in [0.717, 1.165) is 35.5 Å². The number of hydrogen-bond acceptors (Lipinski definition) is 3. The highest BCUT2D eigenvalue weighted by Gasteiger charge is 2.30. The Morgan fingerprint density at radius 2 is 1.82 bits per heavy atom. The molecule has 0 aliphatic carbocycles. The largest absolute Gasteiger partial charge is 0.338 e. The first-order chi connectivity index (χ1) is 10.7. The number of anilines is 1. The number of allylic oxidation sites excluding steroid dienone is 1. The van der Waals surface area contributed by atoms with Gasteiger partial charge in [0.25, 0.3) is 0 Å². The minimum atomic E-state index is 0.123. The Kier molecular flexibility index (Phi) is 4.34. The Balaban J connectivity index is 2.01. The van der Waals surface area contributed by atoms with Crippen LogP contribution in [-0.4, -0.2) is 18.6 Å². The first-order valence-corrected chi connectivity index (χ1v) is 8.74. The molecular formula is C19H19NOS. The average Bonchev–Trinajstić information content (AvgIpc) is 2.82. The second-order valence-electron chi connectivity index (χ2n) is 5.30. The summed E-state index contributed by atoms with van der Waals surface area (Å²) in [5.74, 6) is 0.123. The van der Waals surface area contributed by atoms with Crippen LogP contribution in [0.5, 0.6) is 0 Å². The third-order valence-electron chi connectivity index (χ3n) is 3.83. The number of nitrogens with zero attached hydrogens (tertiary/aromatic N) is 1. The zero-order valence-corrected chi connectivity index (χ0v) is 13.7. The van der Waals surface area contributed by atoms with Crippen molar-refractivity contribution in [3.8, 4) is 0 Å². The molecule has 2 aromatic carbocycles. The Labute approximate surface area is 135 Å². The van der Waals surface area contributed by atoms with Crippen LogP contribution in [0.2, 0.25) is 0 Å². The second-order valence-corrected chi connectivity index (χ2v) is 6.18. The van der Waals surface area contributed by atoms with Crippen LogP contribution >= 0.6 is 11.8 Å². The number of thioether (sulfide) groups is 1. The maximum absolute atomic E-state index is 12.7. The highest BCUT2D eigenvalue weighted by Crippen LogP contribution is 2.35. The third-order valence-corrected chi connectivity index (χ3v) is 4.57. The molecule has 2 nitrogen and oxygen atoms in total. The van der Waals surface area contributed by atoms with Gasteiger partial charge in [0.1, 0.15) is 0 Å². The Morgan fingerprint density at radius 1 is 1.09 bits per heavy atom. The van der Waals surface area contributed by atoms with Crippen LogP contribution in [-0.2, 0) is 0 Å². The van der Waals surface area contributed by atoms with Crippen molar-refractivity contribution in [2.75, 3.05) is 17.7 Å². The van der Waals surface area contributed by atoms with Crippen LogP contribution < -0.4 is 4.90 Å². The van der Waals surface area contributed by atoms with Gasteiger partial charge in [0.2, 0.25) is 5.78 Å². The fraction of sp³-hybridized carbons (Fsp3) is 0.211. The first kappa shape index (κ1) is 14.9. The fourth-order valence-corrected chi connectivity index (χ4v) is 3.17. The molecule has 1 aliphatic rings. The highest BCUT2D eigenvalue weighted by atomic mass is 32.2. The number of benzene rings is 2. The summed E-state index contributed by atoms with van der Waals surface area (Å²) in [5.41, 5.74) is 3.68. The SMILES string of the molecule is CCCN1C(=Cc2ccc(SC)cc2)C(=O)c2ccccc21. The molecule has 1 aliphatic heterocycles. The van der Waals surface area contributed by atoms with Gasteiger partial charge in [0, 0.05) is 17.0 Å². The molecule has 0 amide bonds. The lowest BCUT2D eigenvalue weighted by atomic mass is 10.1. The van der Waals surface area contributed by atoms with Crippen LogP contribution in [0.3, 0.4) is 0 Å². The van der Waals surface area contributed by atoms with Crippen molar-refractivity contribution in [1.29, 1.82) is 0 Å². The summed E-state index contributed by atoms with van der Waals surface area (Å²) in [6.07, 6.45) is 5.07.